The molecule has 0 atom stereocenters. The molecule has 0 aromatic carbocycles. The number of fused-ring (bicyclic) bond motifs is 1. The van der Waals surface area contributed by atoms with Crippen molar-refractivity contribution in [2.24, 2.45) is 7.05 Å². The van der Waals surface area contributed by atoms with Crippen molar-refractivity contribution in [1.29, 1.82) is 0 Å². The van der Waals surface area contributed by atoms with Gasteiger partial charge in [0.15, 0.2) is 0 Å². The molecule has 1 aliphatic rings. The van der Waals surface area contributed by atoms with Gasteiger partial charge in [0.2, 0.25) is 0 Å². The summed E-state index contributed by atoms with van der Waals surface area (Å²) in [6.07, 6.45) is 0.816. The number of H-pyrrole nitrogens is 1. The molecule has 1 aliphatic heterocycles. The van der Waals surface area contributed by atoms with Crippen molar-refractivity contribution in [3.05, 3.63) is 46.6 Å². The number of urea groups is 1. The van der Waals surface area contributed by atoms with Crippen LogP contribution in [0.5, 0.6) is 0 Å². The number of aromatic amines is 1. The van der Waals surface area contributed by atoms with Gasteiger partial charge in [-0.25, -0.2) is 4.79 Å². The van der Waals surface area contributed by atoms with Gasteiger partial charge < -0.3 is 19.7 Å². The zero-order valence-electron chi connectivity index (χ0n) is 17.5. The van der Waals surface area contributed by atoms with E-state index in [2.05, 4.69) is 25.4 Å². The maximum Gasteiger partial charge on any atom is 0.417 e. The third-order valence-electron chi connectivity index (χ3n) is 5.73. The molecule has 4 rings (SSSR count). The van der Waals surface area contributed by atoms with Crippen LogP contribution in [0.3, 0.4) is 0 Å². The van der Waals surface area contributed by atoms with Crippen molar-refractivity contribution in [1.82, 2.24) is 24.6 Å². The Bertz CT molecular complexity index is 1200. The van der Waals surface area contributed by atoms with Crippen LogP contribution in [-0.2, 0) is 13.2 Å². The second-order valence-electron chi connectivity index (χ2n) is 7.81. The van der Waals surface area contributed by atoms with Gasteiger partial charge in [-0.05, 0) is 25.0 Å². The highest BCUT2D eigenvalue weighted by Gasteiger charge is 2.32. The number of carbonyl (C=O) groups excluding carboxylic acids is 1. The number of amides is 2. The topological polar surface area (TPSA) is 99.2 Å². The number of hydrogen-bond donors (Lipinski definition) is 2. The van der Waals surface area contributed by atoms with Crippen LogP contribution in [0, 0.1) is 0 Å². The monoisotopic (exact) mass is 449 g/mol. The summed E-state index contributed by atoms with van der Waals surface area (Å²) in [4.78, 5) is 32.8. The largest absolute Gasteiger partial charge is 0.417 e. The van der Waals surface area contributed by atoms with Gasteiger partial charge in [-0.2, -0.15) is 18.3 Å². The number of hydrogen-bond acceptors (Lipinski definition) is 5. The lowest BCUT2D eigenvalue weighted by Gasteiger charge is -2.37. The summed E-state index contributed by atoms with van der Waals surface area (Å²) in [5.74, 6) is 0. The van der Waals surface area contributed by atoms with Crippen LogP contribution >= 0.6 is 0 Å². The summed E-state index contributed by atoms with van der Waals surface area (Å²) in [7, 11) is 2.79. The van der Waals surface area contributed by atoms with Crippen LogP contribution in [-0.4, -0.2) is 56.9 Å². The van der Waals surface area contributed by atoms with Gasteiger partial charge in [0.05, 0.1) is 29.2 Å². The zero-order valence-corrected chi connectivity index (χ0v) is 17.5. The number of aromatic nitrogens is 4. The van der Waals surface area contributed by atoms with Crippen LogP contribution in [0.4, 0.5) is 29.3 Å². The number of nitrogens with zero attached hydrogens (tertiary/aromatic N) is 5. The Labute approximate surface area is 180 Å². The van der Waals surface area contributed by atoms with Crippen molar-refractivity contribution < 1.29 is 18.0 Å². The molecule has 3 aromatic rings. The van der Waals surface area contributed by atoms with E-state index < -0.39 is 29.0 Å². The Balaban J connectivity index is 1.41. The number of halogens is 3. The van der Waals surface area contributed by atoms with E-state index in [9.17, 15) is 22.8 Å². The lowest BCUT2D eigenvalue weighted by molar-refractivity contribution is -0.138. The van der Waals surface area contributed by atoms with Crippen molar-refractivity contribution >= 4 is 28.4 Å². The Morgan fingerprint density at radius 2 is 1.97 bits per heavy atom. The minimum atomic E-state index is -4.63. The summed E-state index contributed by atoms with van der Waals surface area (Å²) in [5.41, 5.74) is 0.435. The van der Waals surface area contributed by atoms with Crippen LogP contribution in [0.2, 0.25) is 0 Å². The Morgan fingerprint density at radius 3 is 2.66 bits per heavy atom. The highest BCUT2D eigenvalue weighted by molar-refractivity contribution is 5.89. The van der Waals surface area contributed by atoms with Crippen molar-refractivity contribution in [2.75, 3.05) is 30.4 Å². The van der Waals surface area contributed by atoms with E-state index >= 15 is 0 Å². The highest BCUT2D eigenvalue weighted by Crippen LogP contribution is 2.30. The fourth-order valence-corrected chi connectivity index (χ4v) is 3.83. The number of piperidine rings is 1. The van der Waals surface area contributed by atoms with Gasteiger partial charge in [-0.15, -0.1) is 0 Å². The van der Waals surface area contributed by atoms with Gasteiger partial charge in [0.1, 0.15) is 11.2 Å². The first kappa shape index (κ1) is 21.7. The van der Waals surface area contributed by atoms with E-state index in [1.54, 1.807) is 19.4 Å². The maximum atomic E-state index is 13.1. The molecular weight excluding hydrogens is 427 g/mol. The zero-order chi connectivity index (χ0) is 23.0. The van der Waals surface area contributed by atoms with Crippen LogP contribution in [0.15, 0.2) is 35.5 Å². The van der Waals surface area contributed by atoms with Gasteiger partial charge in [-0.1, -0.05) is 0 Å². The molecule has 1 saturated heterocycles. The lowest BCUT2D eigenvalue weighted by atomic mass is 10.0. The highest BCUT2D eigenvalue weighted by atomic mass is 19.4. The van der Waals surface area contributed by atoms with E-state index in [0.717, 1.165) is 21.3 Å². The normalized spacial score (nSPS) is 15.2. The van der Waals surface area contributed by atoms with Crippen LogP contribution < -0.4 is 15.8 Å². The molecule has 0 spiro atoms. The van der Waals surface area contributed by atoms with Crippen molar-refractivity contribution in [3.8, 4) is 0 Å². The predicted molar refractivity (Wildman–Crippen MR) is 113 cm³/mol. The molecule has 0 aliphatic carbocycles. The Hall–Kier alpha value is -3.57. The molecule has 0 radical (unpaired) electrons. The van der Waals surface area contributed by atoms with Gasteiger partial charge >= 0.3 is 12.2 Å². The molecule has 32 heavy (non-hydrogen) atoms. The summed E-state index contributed by atoms with van der Waals surface area (Å²) in [5, 5.41) is 9.19. The molecule has 4 heterocycles. The minimum absolute atomic E-state index is 0.121. The molecule has 3 aromatic heterocycles. The SMILES string of the molecule is CN(C(=O)Nc1cc(C(F)(F)F)cn(C)c1=O)C1CCN(c2cnc3cn[nH]c3c2)CC1. The average molecular weight is 449 g/mol. The third kappa shape index (κ3) is 4.25. The average Bonchev–Trinajstić information content (AvgIpc) is 3.23. The Morgan fingerprint density at radius 1 is 1.25 bits per heavy atom. The molecule has 9 nitrogen and oxygen atoms in total. The standard InChI is InChI=1S/C20H22F3N7O2/c1-28-11-12(20(21,22)23)7-16(18(28)31)26-19(32)29(2)13-3-5-30(6-4-13)14-8-15-17(24-9-14)10-25-27-15/h7-11,13H,3-6H2,1-2H3,(H,25,27)(H,26,32). The summed E-state index contributed by atoms with van der Waals surface area (Å²) in [6, 6.07) is 1.88. The first-order valence-electron chi connectivity index (χ1n) is 9.99. The van der Waals surface area contributed by atoms with Gasteiger partial charge in [0.25, 0.3) is 5.56 Å². The number of nitrogens with one attached hydrogen (secondary N) is 2. The molecular formula is C20H22F3N7O2. The van der Waals surface area contributed by atoms with Crippen molar-refractivity contribution in [3.63, 3.8) is 0 Å². The molecule has 2 N–H and O–H groups in total. The molecule has 1 fully saturated rings. The van der Waals surface area contributed by atoms with E-state index in [4.69, 9.17) is 0 Å². The second kappa shape index (κ2) is 8.17. The number of anilines is 2. The fraction of sp³-hybridized carbons (Fsp3) is 0.400. The molecule has 0 bridgehead atoms. The van der Waals surface area contributed by atoms with Gasteiger partial charge in [0, 0.05) is 39.4 Å². The number of rotatable bonds is 3. The van der Waals surface area contributed by atoms with Crippen LogP contribution in [0.25, 0.3) is 11.0 Å². The first-order chi connectivity index (χ1) is 15.1. The second-order valence-corrected chi connectivity index (χ2v) is 7.81. The Kier molecular flexibility index (Phi) is 5.53. The first-order valence-corrected chi connectivity index (χ1v) is 9.99. The molecule has 2 amide bonds. The number of pyridine rings is 2. The summed E-state index contributed by atoms with van der Waals surface area (Å²) in [6.45, 7) is 1.35. The smallest absolute Gasteiger partial charge is 0.370 e. The van der Waals surface area contributed by atoms with E-state index in [1.165, 1.54) is 11.9 Å². The number of carbonyl (C=O) groups is 1. The quantitative estimate of drug-likeness (QED) is 0.641. The van der Waals surface area contributed by atoms with E-state index in [0.29, 0.717) is 38.2 Å². The third-order valence-corrected chi connectivity index (χ3v) is 5.73. The van der Waals surface area contributed by atoms with Crippen molar-refractivity contribution in [2.45, 2.75) is 25.1 Å². The summed E-state index contributed by atoms with van der Waals surface area (Å²) >= 11 is 0. The van der Waals surface area contributed by atoms with Crippen LogP contribution in [0.1, 0.15) is 18.4 Å². The minimum Gasteiger partial charge on any atom is -0.370 e. The number of alkyl halides is 3. The molecule has 0 saturated carbocycles. The summed E-state index contributed by atoms with van der Waals surface area (Å²) < 4.78 is 40.0. The number of aryl methyl sites for hydroxylation is 1. The maximum absolute atomic E-state index is 13.1. The van der Waals surface area contributed by atoms with Gasteiger partial charge in [-0.3, -0.25) is 14.9 Å². The lowest BCUT2D eigenvalue weighted by Crippen LogP contribution is -2.47. The molecule has 170 valence electrons. The fourth-order valence-electron chi connectivity index (χ4n) is 3.83. The predicted octanol–water partition coefficient (Wildman–Crippen LogP) is 2.81. The molecule has 12 heteroatoms. The van der Waals surface area contributed by atoms with E-state index in [1.807, 2.05) is 6.07 Å². The van der Waals surface area contributed by atoms with E-state index in [-0.39, 0.29) is 6.04 Å². The molecule has 0 unspecified atom stereocenters.